The number of aromatic nitrogens is 1. The van der Waals surface area contributed by atoms with Crippen molar-refractivity contribution in [3.05, 3.63) is 50.0 Å². The summed E-state index contributed by atoms with van der Waals surface area (Å²) in [6.07, 6.45) is 1.43. The molecule has 0 amide bonds. The molecule has 2 heterocycles. The van der Waals surface area contributed by atoms with Crippen LogP contribution in [0.2, 0.25) is 0 Å². The van der Waals surface area contributed by atoms with Gasteiger partial charge in [0, 0.05) is 12.3 Å². The summed E-state index contributed by atoms with van der Waals surface area (Å²) >= 11 is 2.11. The molecule has 2 aromatic rings. The maximum atomic E-state index is 10.8. The molecule has 0 bridgehead atoms. The summed E-state index contributed by atoms with van der Waals surface area (Å²) in [6.45, 7) is 0. The van der Waals surface area contributed by atoms with Crippen molar-refractivity contribution in [1.29, 1.82) is 0 Å². The molecular formula is C9H5N3O5S2. The van der Waals surface area contributed by atoms with Crippen LogP contribution in [0.1, 0.15) is 0 Å². The highest BCUT2D eigenvalue weighted by atomic mass is 32.2. The van der Waals surface area contributed by atoms with Crippen molar-refractivity contribution in [2.75, 3.05) is 0 Å². The van der Waals surface area contributed by atoms with Crippen molar-refractivity contribution < 1.29 is 14.8 Å². The average molecular weight is 299 g/mol. The Morgan fingerprint density at radius 2 is 2.11 bits per heavy atom. The Kier molecular flexibility index (Phi) is 3.92. The third-order valence-electron chi connectivity index (χ3n) is 1.91. The van der Waals surface area contributed by atoms with Crippen molar-refractivity contribution in [2.45, 2.75) is 9.24 Å². The Bertz CT molecular complexity index is 630. The summed E-state index contributed by atoms with van der Waals surface area (Å²) in [5.41, 5.74) is -0.0623. The predicted octanol–water partition coefficient (Wildman–Crippen LogP) is 2.77. The molecule has 10 heteroatoms. The lowest BCUT2D eigenvalue weighted by Gasteiger charge is -2.03. The van der Waals surface area contributed by atoms with Crippen LogP contribution in [-0.2, 0) is 0 Å². The smallest absolute Gasteiger partial charge is 0.273 e. The second kappa shape index (κ2) is 5.63. The lowest BCUT2D eigenvalue weighted by atomic mass is 10.5. The SMILES string of the molecule is O=[N+]([O-])Oc1cccnc1Sc1sccc1[N+](=O)[O-]. The highest BCUT2D eigenvalue weighted by molar-refractivity contribution is 8.01. The molecule has 0 aliphatic rings. The molecular weight excluding hydrogens is 294 g/mol. The van der Waals surface area contributed by atoms with Gasteiger partial charge in [-0.1, -0.05) is 0 Å². The number of nitro groups is 1. The van der Waals surface area contributed by atoms with E-state index in [0.717, 1.165) is 23.1 Å². The highest BCUT2D eigenvalue weighted by Crippen LogP contribution is 2.41. The van der Waals surface area contributed by atoms with Gasteiger partial charge in [0.1, 0.15) is 9.24 Å². The number of hydrogen-bond acceptors (Lipinski definition) is 8. The Morgan fingerprint density at radius 3 is 2.79 bits per heavy atom. The summed E-state index contributed by atoms with van der Waals surface area (Å²) in [7, 11) is 0. The maximum Gasteiger partial charge on any atom is 0.299 e. The first-order valence-corrected chi connectivity index (χ1v) is 6.44. The molecule has 19 heavy (non-hydrogen) atoms. The van der Waals surface area contributed by atoms with E-state index in [1.807, 2.05) is 0 Å². The fourth-order valence-electron chi connectivity index (χ4n) is 1.19. The molecule has 2 aromatic heterocycles. The molecule has 0 unspecified atom stereocenters. The van der Waals surface area contributed by atoms with Crippen LogP contribution in [0.5, 0.6) is 5.75 Å². The largest absolute Gasteiger partial charge is 0.299 e. The Hall–Kier alpha value is -2.20. The van der Waals surface area contributed by atoms with Crippen molar-refractivity contribution in [3.63, 3.8) is 0 Å². The topological polar surface area (TPSA) is 108 Å². The van der Waals surface area contributed by atoms with Crippen molar-refractivity contribution in [1.82, 2.24) is 4.98 Å². The summed E-state index contributed by atoms with van der Waals surface area (Å²) < 4.78 is 0.386. The van der Waals surface area contributed by atoms with Crippen LogP contribution >= 0.6 is 23.1 Å². The third kappa shape index (κ3) is 3.17. The molecule has 0 aliphatic heterocycles. The quantitative estimate of drug-likeness (QED) is 0.616. The van der Waals surface area contributed by atoms with Gasteiger partial charge < -0.3 is 0 Å². The van der Waals surface area contributed by atoms with E-state index in [2.05, 4.69) is 9.82 Å². The predicted molar refractivity (Wildman–Crippen MR) is 67.0 cm³/mol. The van der Waals surface area contributed by atoms with Crippen LogP contribution in [0.15, 0.2) is 39.0 Å². The maximum absolute atomic E-state index is 10.8. The summed E-state index contributed by atoms with van der Waals surface area (Å²) in [5, 5.41) is 21.9. The van der Waals surface area contributed by atoms with Gasteiger partial charge in [-0.25, -0.2) is 4.98 Å². The first-order chi connectivity index (χ1) is 9.08. The molecule has 2 rings (SSSR count). The van der Waals surface area contributed by atoms with Gasteiger partial charge in [-0.15, -0.1) is 21.5 Å². The lowest BCUT2D eigenvalue weighted by molar-refractivity contribution is -0.711. The van der Waals surface area contributed by atoms with Crippen LogP contribution in [0.4, 0.5) is 5.69 Å². The Morgan fingerprint density at radius 1 is 1.32 bits per heavy atom. The summed E-state index contributed by atoms with van der Waals surface area (Å²) in [4.78, 5) is 28.9. The van der Waals surface area contributed by atoms with E-state index in [1.54, 1.807) is 5.38 Å². The van der Waals surface area contributed by atoms with E-state index in [4.69, 9.17) is 0 Å². The minimum Gasteiger partial charge on any atom is -0.273 e. The first kappa shape index (κ1) is 13.2. The number of nitrogens with zero attached hydrogens (tertiary/aromatic N) is 3. The second-order valence-corrected chi connectivity index (χ2v) is 5.25. The molecule has 0 N–H and O–H groups in total. The zero-order chi connectivity index (χ0) is 13.8. The van der Waals surface area contributed by atoms with E-state index in [9.17, 15) is 20.2 Å². The standard InChI is InChI=1S/C9H5N3O5S2/c13-11(14)6-3-5-18-9(6)19-8-7(17-12(15)16)2-1-4-10-8/h1-5H. The van der Waals surface area contributed by atoms with Crippen molar-refractivity contribution >= 4 is 28.8 Å². The minimum atomic E-state index is -0.954. The molecule has 0 saturated carbocycles. The van der Waals surface area contributed by atoms with Crippen LogP contribution in [0, 0.1) is 20.2 Å². The highest BCUT2D eigenvalue weighted by Gasteiger charge is 2.19. The van der Waals surface area contributed by atoms with Crippen LogP contribution in [-0.4, -0.2) is 15.0 Å². The van der Waals surface area contributed by atoms with Crippen LogP contribution in [0.3, 0.4) is 0 Å². The molecule has 0 aromatic carbocycles. The third-order valence-corrected chi connectivity index (χ3v) is 4.03. The van der Waals surface area contributed by atoms with Gasteiger partial charge in [-0.3, -0.25) is 15.0 Å². The van der Waals surface area contributed by atoms with Gasteiger partial charge in [0.05, 0.1) is 4.92 Å². The number of pyridine rings is 1. The molecule has 0 saturated heterocycles. The van der Waals surface area contributed by atoms with Gasteiger partial charge in [0.2, 0.25) is 0 Å². The first-order valence-electron chi connectivity index (χ1n) is 4.75. The van der Waals surface area contributed by atoms with E-state index >= 15 is 0 Å². The second-order valence-electron chi connectivity index (χ2n) is 3.07. The molecule has 0 aliphatic carbocycles. The minimum absolute atomic E-state index is 0.0554. The lowest BCUT2D eigenvalue weighted by Crippen LogP contribution is -2.04. The molecule has 0 atom stereocenters. The van der Waals surface area contributed by atoms with E-state index < -0.39 is 10.0 Å². The summed E-state index contributed by atoms with van der Waals surface area (Å²) in [6, 6.07) is 4.22. The number of rotatable bonds is 5. The zero-order valence-corrected chi connectivity index (χ0v) is 10.7. The van der Waals surface area contributed by atoms with Crippen LogP contribution in [0.25, 0.3) is 0 Å². The zero-order valence-electron chi connectivity index (χ0n) is 9.09. The fraction of sp³-hybridized carbons (Fsp3) is 0. The molecule has 0 fully saturated rings. The normalized spacial score (nSPS) is 10.1. The number of thiophene rings is 1. The number of hydrogen-bond donors (Lipinski definition) is 0. The average Bonchev–Trinajstić information content (AvgIpc) is 2.79. The molecule has 98 valence electrons. The van der Waals surface area contributed by atoms with Crippen LogP contribution < -0.4 is 4.84 Å². The fourth-order valence-corrected chi connectivity index (χ4v) is 3.11. The molecule has 0 spiro atoms. The van der Waals surface area contributed by atoms with Gasteiger partial charge in [-0.05, 0) is 29.3 Å². The van der Waals surface area contributed by atoms with E-state index in [1.165, 1.54) is 24.4 Å². The summed E-state index contributed by atoms with van der Waals surface area (Å²) in [5.74, 6) is -0.0554. The molecule has 0 radical (unpaired) electrons. The van der Waals surface area contributed by atoms with Crippen molar-refractivity contribution in [2.24, 2.45) is 0 Å². The van der Waals surface area contributed by atoms with Gasteiger partial charge in [0.15, 0.2) is 5.75 Å². The van der Waals surface area contributed by atoms with Gasteiger partial charge in [0.25, 0.3) is 10.8 Å². The van der Waals surface area contributed by atoms with Gasteiger partial charge >= 0.3 is 0 Å². The monoisotopic (exact) mass is 299 g/mol. The van der Waals surface area contributed by atoms with E-state index in [0.29, 0.717) is 4.21 Å². The molecule has 8 nitrogen and oxygen atoms in total. The Labute approximate surface area is 114 Å². The van der Waals surface area contributed by atoms with Gasteiger partial charge in [-0.2, -0.15) is 0 Å². The van der Waals surface area contributed by atoms with E-state index in [-0.39, 0.29) is 16.5 Å². The Balaban J connectivity index is 2.30. The van der Waals surface area contributed by atoms with Crippen molar-refractivity contribution in [3.8, 4) is 5.75 Å².